The first-order valence-corrected chi connectivity index (χ1v) is 10.3. The maximum absolute atomic E-state index is 5.23. The zero-order valence-corrected chi connectivity index (χ0v) is 16.3. The van der Waals surface area contributed by atoms with Crippen LogP contribution in [0.5, 0.6) is 5.75 Å². The van der Waals surface area contributed by atoms with Crippen LogP contribution in [0.25, 0.3) is 11.1 Å². The van der Waals surface area contributed by atoms with Crippen molar-refractivity contribution in [2.24, 2.45) is 4.99 Å². The summed E-state index contributed by atoms with van der Waals surface area (Å²) in [6.07, 6.45) is 0. The number of methoxy groups -OCH3 is 1. The van der Waals surface area contributed by atoms with Gasteiger partial charge in [0, 0.05) is 16.8 Å². The van der Waals surface area contributed by atoms with Gasteiger partial charge in [-0.3, -0.25) is 0 Å². The molecule has 0 spiro atoms. The molecule has 1 aromatic heterocycles. The van der Waals surface area contributed by atoms with E-state index in [4.69, 9.17) is 9.73 Å². The number of nitrogens with one attached hydrogen (secondary N) is 1. The second-order valence-electron chi connectivity index (χ2n) is 6.78. The molecule has 1 aliphatic heterocycles. The number of anilines is 1. The highest BCUT2D eigenvalue weighted by atomic mass is 32.9. The Hall–Kier alpha value is -2.11. The lowest BCUT2D eigenvalue weighted by molar-refractivity contribution is 0.415. The van der Waals surface area contributed by atoms with Crippen molar-refractivity contribution in [3.63, 3.8) is 0 Å². The molecule has 0 radical (unpaired) electrons. The van der Waals surface area contributed by atoms with Crippen molar-refractivity contribution in [1.82, 2.24) is 0 Å². The van der Waals surface area contributed by atoms with Crippen LogP contribution in [0.4, 0.5) is 11.4 Å². The minimum Gasteiger partial charge on any atom is -0.497 e. The van der Waals surface area contributed by atoms with E-state index >= 15 is 0 Å². The first-order valence-electron chi connectivity index (χ1n) is 8.19. The van der Waals surface area contributed by atoms with Crippen LogP contribution in [-0.4, -0.2) is 7.11 Å². The van der Waals surface area contributed by atoms with Gasteiger partial charge in [-0.15, -0.1) is 0 Å². The van der Waals surface area contributed by atoms with Gasteiger partial charge >= 0.3 is 0 Å². The molecule has 0 atom stereocenters. The van der Waals surface area contributed by atoms with E-state index in [9.17, 15) is 0 Å². The maximum atomic E-state index is 5.23. The van der Waals surface area contributed by atoms with Gasteiger partial charge in [-0.25, -0.2) is 4.99 Å². The third-order valence-electron chi connectivity index (χ3n) is 4.41. The molecule has 2 heterocycles. The van der Waals surface area contributed by atoms with Crippen molar-refractivity contribution in [3.05, 3.63) is 57.6 Å². The Balaban J connectivity index is 1.91. The van der Waals surface area contributed by atoms with E-state index in [-0.39, 0.29) is 5.54 Å². The van der Waals surface area contributed by atoms with Crippen LogP contribution in [0.3, 0.4) is 0 Å². The van der Waals surface area contributed by atoms with Gasteiger partial charge in [0.05, 0.1) is 23.2 Å². The number of rotatable bonds is 2. The average Bonchev–Trinajstić information content (AvgIpc) is 3.00. The third-order valence-corrected chi connectivity index (χ3v) is 7.05. The minimum atomic E-state index is -0.0923. The van der Waals surface area contributed by atoms with Crippen molar-refractivity contribution in [1.29, 1.82) is 0 Å². The molecule has 2 aromatic carbocycles. The number of fused-ring (bicyclic) bond motifs is 3. The average molecular weight is 369 g/mol. The lowest BCUT2D eigenvalue weighted by atomic mass is 9.89. The van der Waals surface area contributed by atoms with Gasteiger partial charge in [0.1, 0.15) is 10.4 Å². The zero-order valence-electron chi connectivity index (χ0n) is 14.7. The van der Waals surface area contributed by atoms with E-state index in [1.165, 1.54) is 27.3 Å². The summed E-state index contributed by atoms with van der Waals surface area (Å²) >= 11 is 0. The van der Waals surface area contributed by atoms with Crippen LogP contribution >= 0.6 is 20.7 Å². The van der Waals surface area contributed by atoms with E-state index in [1.807, 2.05) is 34.6 Å². The number of ether oxygens (including phenoxy) is 1. The smallest absolute Gasteiger partial charge is 0.135 e. The molecule has 4 rings (SSSR count). The van der Waals surface area contributed by atoms with Crippen LogP contribution in [0.1, 0.15) is 24.3 Å². The lowest BCUT2D eigenvalue weighted by Gasteiger charge is -2.33. The normalized spacial score (nSPS) is 15.3. The van der Waals surface area contributed by atoms with E-state index in [0.717, 1.165) is 16.1 Å². The molecule has 0 bridgehead atoms. The molecule has 0 saturated carbocycles. The molecule has 25 heavy (non-hydrogen) atoms. The molecular weight excluding hydrogens is 348 g/mol. The summed E-state index contributed by atoms with van der Waals surface area (Å²) in [5.41, 5.74) is 5.81. The van der Waals surface area contributed by atoms with Gasteiger partial charge in [-0.2, -0.15) is 0 Å². The fraction of sp³-hybridized carbons (Fsp3) is 0.250. The second-order valence-corrected chi connectivity index (χ2v) is 8.91. The van der Waals surface area contributed by atoms with Crippen molar-refractivity contribution in [2.45, 2.75) is 26.3 Å². The molecule has 3 aromatic rings. The molecule has 0 fully saturated rings. The van der Waals surface area contributed by atoms with E-state index in [0.29, 0.717) is 0 Å². The van der Waals surface area contributed by atoms with Gasteiger partial charge in [-0.1, -0.05) is 32.8 Å². The second kappa shape index (κ2) is 6.00. The number of benzene rings is 2. The Labute approximate surface area is 155 Å². The standard InChI is InChI=1S/C20H20N2OS2/c1-12-5-10-15-16(11-12)22-20(2,3)18-17(15)19(25-24-18)21-13-6-8-14(23-4)9-7-13/h5-11,22H,1-4H3. The lowest BCUT2D eigenvalue weighted by Crippen LogP contribution is -2.31. The van der Waals surface area contributed by atoms with Gasteiger partial charge in [0.25, 0.3) is 0 Å². The molecule has 3 nitrogen and oxygen atoms in total. The summed E-state index contributed by atoms with van der Waals surface area (Å²) < 4.78 is 6.31. The van der Waals surface area contributed by atoms with Gasteiger partial charge in [-0.05, 0) is 56.7 Å². The minimum absolute atomic E-state index is 0.0923. The zero-order chi connectivity index (χ0) is 17.6. The van der Waals surface area contributed by atoms with E-state index in [1.54, 1.807) is 17.5 Å². The third kappa shape index (κ3) is 2.87. The first-order chi connectivity index (χ1) is 12.0. The van der Waals surface area contributed by atoms with Crippen LogP contribution in [0, 0.1) is 6.92 Å². The monoisotopic (exact) mass is 368 g/mol. The Bertz CT molecular complexity index is 997. The number of aryl methyl sites for hydroxylation is 1. The number of hydrogen-bond donors (Lipinski definition) is 1. The highest BCUT2D eigenvalue weighted by Gasteiger charge is 2.33. The SMILES string of the molecule is COc1ccc(N=c2ssc3c2-c2ccc(C)cc2NC3(C)C)cc1. The molecule has 128 valence electrons. The summed E-state index contributed by atoms with van der Waals surface area (Å²) in [7, 11) is 5.24. The Kier molecular flexibility index (Phi) is 3.93. The molecule has 5 heteroatoms. The van der Waals surface area contributed by atoms with Crippen LogP contribution in [0.15, 0.2) is 47.5 Å². The van der Waals surface area contributed by atoms with Crippen LogP contribution in [0.2, 0.25) is 0 Å². The molecule has 0 unspecified atom stereocenters. The van der Waals surface area contributed by atoms with Crippen LogP contribution < -0.4 is 14.7 Å². The Morgan fingerprint density at radius 2 is 1.80 bits per heavy atom. The maximum Gasteiger partial charge on any atom is 0.135 e. The molecule has 0 amide bonds. The molecule has 0 aliphatic carbocycles. The summed E-state index contributed by atoms with van der Waals surface area (Å²) in [5.74, 6) is 0.848. The van der Waals surface area contributed by atoms with Gasteiger partial charge < -0.3 is 10.1 Å². The first kappa shape index (κ1) is 16.4. The number of hydrogen-bond acceptors (Lipinski definition) is 5. The molecule has 1 N–H and O–H groups in total. The van der Waals surface area contributed by atoms with Gasteiger partial charge in [0.2, 0.25) is 0 Å². The Morgan fingerprint density at radius 3 is 2.52 bits per heavy atom. The van der Waals surface area contributed by atoms with E-state index in [2.05, 4.69) is 44.3 Å². The highest BCUT2D eigenvalue weighted by molar-refractivity contribution is 7.68. The highest BCUT2D eigenvalue weighted by Crippen LogP contribution is 2.45. The summed E-state index contributed by atoms with van der Waals surface area (Å²) in [5, 5.41) is 3.68. The largest absolute Gasteiger partial charge is 0.497 e. The molecular formula is C20H20N2OS2. The number of nitrogens with zero attached hydrogens (tertiary/aromatic N) is 1. The quantitative estimate of drug-likeness (QED) is 0.590. The predicted octanol–water partition coefficient (Wildman–Crippen LogP) is 5.69. The van der Waals surface area contributed by atoms with E-state index < -0.39 is 0 Å². The van der Waals surface area contributed by atoms with Crippen LogP contribution in [-0.2, 0) is 5.54 Å². The summed E-state index contributed by atoms with van der Waals surface area (Å²) in [6, 6.07) is 14.5. The van der Waals surface area contributed by atoms with Crippen molar-refractivity contribution >= 4 is 32.1 Å². The fourth-order valence-corrected chi connectivity index (χ4v) is 6.08. The summed E-state index contributed by atoms with van der Waals surface area (Å²) in [6.45, 7) is 6.60. The fourth-order valence-electron chi connectivity index (χ4n) is 3.14. The topological polar surface area (TPSA) is 33.6 Å². The van der Waals surface area contributed by atoms with Gasteiger partial charge in [0.15, 0.2) is 0 Å². The molecule has 0 saturated heterocycles. The summed E-state index contributed by atoms with van der Waals surface area (Å²) in [4.78, 5) is 6.27. The van der Waals surface area contributed by atoms with Crippen molar-refractivity contribution in [2.75, 3.05) is 12.4 Å². The molecule has 1 aliphatic rings. The predicted molar refractivity (Wildman–Crippen MR) is 107 cm³/mol. The van der Waals surface area contributed by atoms with Crippen molar-refractivity contribution in [3.8, 4) is 16.9 Å². The van der Waals surface area contributed by atoms with Crippen molar-refractivity contribution < 1.29 is 4.74 Å². The Morgan fingerprint density at radius 1 is 1.04 bits per heavy atom.